The molecule has 1 aliphatic heterocycles. The molecule has 0 radical (unpaired) electrons. The number of nitrogens with zero attached hydrogens (tertiary/aromatic N) is 3. The van der Waals surface area contributed by atoms with Gasteiger partial charge in [0.25, 0.3) is 0 Å². The lowest BCUT2D eigenvalue weighted by Crippen LogP contribution is -2.64. The second kappa shape index (κ2) is 6.85. The fourth-order valence-electron chi connectivity index (χ4n) is 3.94. The summed E-state index contributed by atoms with van der Waals surface area (Å²) in [6.45, 7) is 2.08. The van der Waals surface area contributed by atoms with Crippen LogP contribution in [-0.4, -0.2) is 38.3 Å². The van der Waals surface area contributed by atoms with E-state index in [1.54, 1.807) is 43.7 Å². The predicted molar refractivity (Wildman–Crippen MR) is 102 cm³/mol. The van der Waals surface area contributed by atoms with Crippen LogP contribution in [0.5, 0.6) is 5.88 Å². The van der Waals surface area contributed by atoms with Gasteiger partial charge in [-0.05, 0) is 50.3 Å². The number of hydrogen-bond acceptors (Lipinski definition) is 6. The Morgan fingerprint density at radius 2 is 2.04 bits per heavy atom. The number of dihydropyridines is 1. The maximum atomic E-state index is 14.6. The van der Waals surface area contributed by atoms with Gasteiger partial charge in [0.1, 0.15) is 12.0 Å². The Labute approximate surface area is 161 Å². The van der Waals surface area contributed by atoms with Crippen molar-refractivity contribution in [2.45, 2.75) is 31.5 Å². The van der Waals surface area contributed by atoms with Crippen molar-refractivity contribution in [2.75, 3.05) is 11.9 Å². The maximum absolute atomic E-state index is 14.6. The molecule has 1 unspecified atom stereocenters. The molecule has 2 aliphatic rings. The summed E-state index contributed by atoms with van der Waals surface area (Å²) in [5.41, 5.74) is -0.471. The van der Waals surface area contributed by atoms with Crippen molar-refractivity contribution in [1.82, 2.24) is 20.3 Å². The molecule has 0 bridgehead atoms. The van der Waals surface area contributed by atoms with Gasteiger partial charge in [-0.1, -0.05) is 0 Å². The predicted octanol–water partition coefficient (Wildman–Crippen LogP) is 3.50. The number of pyridine rings is 1. The van der Waals surface area contributed by atoms with E-state index in [2.05, 4.69) is 25.6 Å². The first-order valence-electron chi connectivity index (χ1n) is 9.08. The molecule has 146 valence electrons. The molecule has 28 heavy (non-hydrogen) atoms. The van der Waals surface area contributed by atoms with Crippen LogP contribution in [0.15, 0.2) is 54.9 Å². The van der Waals surface area contributed by atoms with Crippen LogP contribution in [0.3, 0.4) is 0 Å². The van der Waals surface area contributed by atoms with Crippen LogP contribution in [0.1, 0.15) is 19.8 Å². The minimum absolute atomic E-state index is 0.0965. The number of halogens is 2. The van der Waals surface area contributed by atoms with Crippen molar-refractivity contribution in [3.63, 3.8) is 0 Å². The zero-order valence-corrected chi connectivity index (χ0v) is 15.4. The molecule has 1 fully saturated rings. The minimum Gasteiger partial charge on any atom is -0.493 e. The van der Waals surface area contributed by atoms with E-state index < -0.39 is 17.1 Å². The molecule has 1 saturated carbocycles. The Bertz CT molecular complexity index is 924. The summed E-state index contributed by atoms with van der Waals surface area (Å²) >= 11 is 0. The molecule has 3 N–H and O–H groups in total. The average molecular weight is 385 g/mol. The van der Waals surface area contributed by atoms with Gasteiger partial charge in [-0.2, -0.15) is 0 Å². The van der Waals surface area contributed by atoms with Gasteiger partial charge in [-0.15, -0.1) is 0 Å². The highest BCUT2D eigenvalue weighted by Gasteiger charge is 2.58. The molecule has 6 nitrogen and oxygen atoms in total. The van der Waals surface area contributed by atoms with Crippen LogP contribution in [0, 0.1) is 5.41 Å². The van der Waals surface area contributed by atoms with Gasteiger partial charge < -0.3 is 15.7 Å². The highest BCUT2D eigenvalue weighted by atomic mass is 19.1. The number of hydrogen-bond donors (Lipinski definition) is 3. The van der Waals surface area contributed by atoms with Crippen molar-refractivity contribution < 1.29 is 13.9 Å². The van der Waals surface area contributed by atoms with Crippen LogP contribution in [0.2, 0.25) is 0 Å². The second-order valence-corrected chi connectivity index (χ2v) is 7.45. The average Bonchev–Trinajstić information content (AvgIpc) is 2.67. The van der Waals surface area contributed by atoms with Gasteiger partial charge in [0, 0.05) is 41.7 Å². The van der Waals surface area contributed by atoms with E-state index in [9.17, 15) is 13.9 Å². The summed E-state index contributed by atoms with van der Waals surface area (Å²) in [6, 6.07) is 3.43. The smallest absolute Gasteiger partial charge is 0.222 e. The molecule has 8 heteroatoms. The first-order valence-corrected chi connectivity index (χ1v) is 9.08. The van der Waals surface area contributed by atoms with Gasteiger partial charge in [0.2, 0.25) is 11.8 Å². The molecule has 0 saturated heterocycles. The molecule has 1 atom stereocenters. The SMILES string of the molecule is CC1([C@]2(CNc3ncc(-c4cccnc4O)cn3)C[C@@H](F)C2)NC=CC=C1F. The quantitative estimate of drug-likeness (QED) is 0.731. The van der Waals surface area contributed by atoms with Crippen LogP contribution < -0.4 is 10.6 Å². The molecular formula is C20H21F2N5O. The Balaban J connectivity index is 1.51. The fourth-order valence-corrected chi connectivity index (χ4v) is 3.94. The number of aromatic hydroxyl groups is 1. The number of allylic oxidation sites excluding steroid dienone is 2. The molecule has 0 spiro atoms. The molecule has 0 aromatic carbocycles. The molecule has 1 aliphatic carbocycles. The molecule has 0 amide bonds. The lowest BCUT2D eigenvalue weighted by molar-refractivity contribution is -0.0300. The first kappa shape index (κ1) is 18.3. The fraction of sp³-hybridized carbons (Fsp3) is 0.350. The number of alkyl halides is 1. The summed E-state index contributed by atoms with van der Waals surface area (Å²) in [6.07, 6.45) is 8.88. The third kappa shape index (κ3) is 2.98. The van der Waals surface area contributed by atoms with Gasteiger partial charge in [-0.25, -0.2) is 23.7 Å². The lowest BCUT2D eigenvalue weighted by Gasteiger charge is -2.55. The van der Waals surface area contributed by atoms with Crippen LogP contribution in [-0.2, 0) is 0 Å². The van der Waals surface area contributed by atoms with Crippen molar-refractivity contribution in [3.05, 3.63) is 54.9 Å². The number of nitrogens with one attached hydrogen (secondary N) is 2. The van der Waals surface area contributed by atoms with E-state index in [4.69, 9.17) is 0 Å². The van der Waals surface area contributed by atoms with Crippen molar-refractivity contribution in [1.29, 1.82) is 0 Å². The van der Waals surface area contributed by atoms with E-state index in [0.29, 0.717) is 23.6 Å². The summed E-state index contributed by atoms with van der Waals surface area (Å²) in [5.74, 6) is -0.0546. The highest BCUT2D eigenvalue weighted by Crippen LogP contribution is 2.54. The lowest BCUT2D eigenvalue weighted by atomic mass is 9.55. The van der Waals surface area contributed by atoms with Crippen molar-refractivity contribution in [3.8, 4) is 17.0 Å². The zero-order valence-electron chi connectivity index (χ0n) is 15.4. The van der Waals surface area contributed by atoms with Crippen molar-refractivity contribution >= 4 is 5.95 Å². The van der Waals surface area contributed by atoms with E-state index in [-0.39, 0.29) is 24.5 Å². The van der Waals surface area contributed by atoms with Crippen LogP contribution in [0.4, 0.5) is 14.7 Å². The van der Waals surface area contributed by atoms with E-state index >= 15 is 0 Å². The third-order valence-corrected chi connectivity index (χ3v) is 5.81. The summed E-state index contributed by atoms with van der Waals surface area (Å²) in [5, 5.41) is 16.0. The zero-order chi connectivity index (χ0) is 19.8. The van der Waals surface area contributed by atoms with Gasteiger partial charge in [0.05, 0.1) is 5.54 Å². The van der Waals surface area contributed by atoms with Gasteiger partial charge in [-0.3, -0.25) is 0 Å². The maximum Gasteiger partial charge on any atom is 0.222 e. The Morgan fingerprint density at radius 3 is 2.68 bits per heavy atom. The molecule has 4 rings (SSSR count). The summed E-state index contributed by atoms with van der Waals surface area (Å²) < 4.78 is 28.4. The Hall–Kier alpha value is -3.03. The van der Waals surface area contributed by atoms with Crippen LogP contribution in [0.25, 0.3) is 11.1 Å². The topological polar surface area (TPSA) is 83.0 Å². The monoisotopic (exact) mass is 385 g/mol. The Kier molecular flexibility index (Phi) is 4.49. The highest BCUT2D eigenvalue weighted by molar-refractivity contribution is 5.66. The molecule has 2 aromatic heterocycles. The van der Waals surface area contributed by atoms with Gasteiger partial charge in [0.15, 0.2) is 0 Å². The van der Waals surface area contributed by atoms with E-state index in [0.717, 1.165) is 0 Å². The van der Waals surface area contributed by atoms with E-state index in [1.165, 1.54) is 12.3 Å². The number of anilines is 1. The molecule has 3 heterocycles. The molecular weight excluding hydrogens is 364 g/mol. The van der Waals surface area contributed by atoms with Gasteiger partial charge >= 0.3 is 0 Å². The second-order valence-electron chi connectivity index (χ2n) is 7.45. The first-order chi connectivity index (χ1) is 13.4. The normalized spacial score (nSPS) is 28.8. The molecule has 2 aromatic rings. The third-order valence-electron chi connectivity index (χ3n) is 5.81. The standard InChI is InChI=1S/C20H21F2N5O/c1-19(16(22)5-3-7-27-19)20(8-14(21)9-20)12-26-18-24-10-13(11-25-18)15-4-2-6-23-17(15)28/h2-7,10-11,14,27H,8-9,12H2,1H3,(H,23,28)(H,24,25,26)/t14-,19?,20-. The van der Waals surface area contributed by atoms with Crippen LogP contribution >= 0.6 is 0 Å². The summed E-state index contributed by atoms with van der Waals surface area (Å²) in [7, 11) is 0. The van der Waals surface area contributed by atoms with E-state index in [1.807, 2.05) is 0 Å². The van der Waals surface area contributed by atoms with Crippen molar-refractivity contribution in [2.24, 2.45) is 5.41 Å². The summed E-state index contributed by atoms with van der Waals surface area (Å²) in [4.78, 5) is 12.4. The number of rotatable bonds is 5. The Morgan fingerprint density at radius 1 is 1.29 bits per heavy atom. The minimum atomic E-state index is -0.987. The number of aromatic nitrogens is 3. The largest absolute Gasteiger partial charge is 0.493 e.